The molecule has 2 bridgehead atoms. The van der Waals surface area contributed by atoms with Crippen LogP contribution in [0.3, 0.4) is 0 Å². The van der Waals surface area contributed by atoms with Crippen molar-refractivity contribution in [3.8, 4) is 0 Å². The average Bonchev–Trinajstić information content (AvgIpc) is 3.05. The highest BCUT2D eigenvalue weighted by Crippen LogP contribution is 2.63. The van der Waals surface area contributed by atoms with Gasteiger partial charge in [-0.15, -0.1) is 0 Å². The number of ether oxygens (including phenoxy) is 2. The molecule has 21 heavy (non-hydrogen) atoms. The highest BCUT2D eigenvalue weighted by Gasteiger charge is 2.62. The van der Waals surface area contributed by atoms with Gasteiger partial charge in [-0.05, 0) is 49.4 Å². The van der Waals surface area contributed by atoms with Crippen LogP contribution in [0.1, 0.15) is 46.0 Å². The van der Waals surface area contributed by atoms with Crippen LogP contribution in [0.4, 0.5) is 0 Å². The molecule has 0 aliphatic heterocycles. The summed E-state index contributed by atoms with van der Waals surface area (Å²) < 4.78 is 10.7. The minimum atomic E-state index is -0.283. The lowest BCUT2D eigenvalue weighted by molar-refractivity contribution is -0.151. The fourth-order valence-electron chi connectivity index (χ4n) is 5.20. The Balaban J connectivity index is 1.76. The van der Waals surface area contributed by atoms with Crippen LogP contribution in [0.5, 0.6) is 0 Å². The Bertz CT molecular complexity index is 448. The Morgan fingerprint density at radius 2 is 1.95 bits per heavy atom. The van der Waals surface area contributed by atoms with Crippen LogP contribution in [-0.4, -0.2) is 30.7 Å². The molecule has 118 valence electrons. The zero-order chi connectivity index (χ0) is 15.2. The van der Waals surface area contributed by atoms with Gasteiger partial charge in [-0.25, -0.2) is 0 Å². The maximum Gasteiger partial charge on any atom is 0.302 e. The van der Waals surface area contributed by atoms with Crippen LogP contribution in [-0.2, 0) is 19.1 Å². The Morgan fingerprint density at radius 3 is 2.52 bits per heavy atom. The van der Waals surface area contributed by atoms with E-state index in [4.69, 9.17) is 15.2 Å². The van der Waals surface area contributed by atoms with E-state index in [0.29, 0.717) is 18.4 Å². The van der Waals surface area contributed by atoms with Crippen LogP contribution in [0.2, 0.25) is 0 Å². The van der Waals surface area contributed by atoms with E-state index in [1.165, 1.54) is 33.1 Å². The minimum absolute atomic E-state index is 0.0863. The van der Waals surface area contributed by atoms with Crippen molar-refractivity contribution in [2.75, 3.05) is 6.61 Å². The second-order valence-electron chi connectivity index (χ2n) is 7.15. The Kier molecular flexibility index (Phi) is 3.72. The van der Waals surface area contributed by atoms with E-state index in [0.717, 1.165) is 12.8 Å². The average molecular weight is 295 g/mol. The van der Waals surface area contributed by atoms with Crippen LogP contribution in [0.15, 0.2) is 0 Å². The summed E-state index contributed by atoms with van der Waals surface area (Å²) in [7, 11) is 0. The Morgan fingerprint density at radius 1 is 1.19 bits per heavy atom. The first-order valence-electron chi connectivity index (χ1n) is 7.98. The number of hydrogen-bond donors (Lipinski definition) is 1. The van der Waals surface area contributed by atoms with E-state index in [-0.39, 0.29) is 35.4 Å². The molecule has 3 aliphatic rings. The Hall–Kier alpha value is -1.10. The lowest BCUT2D eigenvalue weighted by Crippen LogP contribution is -2.45. The zero-order valence-electron chi connectivity index (χ0n) is 12.8. The molecule has 3 saturated carbocycles. The molecule has 0 aromatic heterocycles. The molecule has 1 unspecified atom stereocenters. The first-order valence-corrected chi connectivity index (χ1v) is 7.98. The summed E-state index contributed by atoms with van der Waals surface area (Å²) >= 11 is 0. The van der Waals surface area contributed by atoms with E-state index in [9.17, 15) is 9.59 Å². The van der Waals surface area contributed by atoms with Crippen molar-refractivity contribution in [2.45, 2.75) is 58.1 Å². The Labute approximate surface area is 125 Å². The summed E-state index contributed by atoms with van der Waals surface area (Å²) in [6, 6.07) is 0.205. The first-order chi connectivity index (χ1) is 9.92. The summed E-state index contributed by atoms with van der Waals surface area (Å²) in [5.74, 6) is 0.818. The van der Waals surface area contributed by atoms with Gasteiger partial charge in [0, 0.05) is 25.8 Å². The van der Waals surface area contributed by atoms with Crippen molar-refractivity contribution in [2.24, 2.45) is 28.9 Å². The maximum atomic E-state index is 11.4. The number of nitrogens with two attached hydrogens (primary N) is 1. The molecule has 0 aromatic carbocycles. The quantitative estimate of drug-likeness (QED) is 0.801. The van der Waals surface area contributed by atoms with E-state index >= 15 is 0 Å². The minimum Gasteiger partial charge on any atom is -0.465 e. The van der Waals surface area contributed by atoms with Gasteiger partial charge >= 0.3 is 11.9 Å². The van der Waals surface area contributed by atoms with Gasteiger partial charge in [0.05, 0.1) is 6.61 Å². The van der Waals surface area contributed by atoms with E-state index < -0.39 is 0 Å². The molecule has 5 heteroatoms. The highest BCUT2D eigenvalue weighted by molar-refractivity contribution is 5.66. The molecule has 3 aliphatic carbocycles. The molecule has 3 rings (SSSR count). The van der Waals surface area contributed by atoms with Crippen molar-refractivity contribution in [3.05, 3.63) is 0 Å². The van der Waals surface area contributed by atoms with Crippen molar-refractivity contribution < 1.29 is 19.1 Å². The van der Waals surface area contributed by atoms with Crippen molar-refractivity contribution in [1.82, 2.24) is 0 Å². The van der Waals surface area contributed by atoms with Gasteiger partial charge in [-0.2, -0.15) is 0 Å². The lowest BCUT2D eigenvalue weighted by atomic mass is 9.68. The number of esters is 2. The van der Waals surface area contributed by atoms with Gasteiger partial charge < -0.3 is 15.2 Å². The fourth-order valence-corrected chi connectivity index (χ4v) is 5.20. The van der Waals surface area contributed by atoms with Gasteiger partial charge in [-0.1, -0.05) is 0 Å². The smallest absolute Gasteiger partial charge is 0.302 e. The summed E-state index contributed by atoms with van der Waals surface area (Å²) in [6.45, 7) is 3.18. The molecule has 3 fully saturated rings. The lowest BCUT2D eigenvalue weighted by Gasteiger charge is -2.39. The van der Waals surface area contributed by atoms with E-state index in [1.54, 1.807) is 0 Å². The fraction of sp³-hybridized carbons (Fsp3) is 0.875. The van der Waals surface area contributed by atoms with Gasteiger partial charge in [0.25, 0.3) is 0 Å². The molecule has 0 saturated heterocycles. The number of fused-ring (bicyclic) bond motifs is 3. The molecule has 0 aromatic rings. The third-order valence-electron chi connectivity index (χ3n) is 6.03. The number of carbonyl (C=O) groups is 2. The van der Waals surface area contributed by atoms with Gasteiger partial charge in [-0.3, -0.25) is 9.59 Å². The van der Waals surface area contributed by atoms with Gasteiger partial charge in [0.2, 0.25) is 0 Å². The van der Waals surface area contributed by atoms with Gasteiger partial charge in [0.15, 0.2) is 0 Å². The first kappa shape index (κ1) is 14.8. The van der Waals surface area contributed by atoms with Gasteiger partial charge in [0.1, 0.15) is 6.10 Å². The molecular formula is C16H25NO4. The SMILES string of the molecule is CC(=O)OC[C@H]1CC2(C[C@@H]1OC(C)=O)[C@@H]1CC[C@@H](C1)[C@@H]2N. The molecule has 2 N–H and O–H groups in total. The summed E-state index contributed by atoms with van der Waals surface area (Å²) in [5, 5.41) is 0. The topological polar surface area (TPSA) is 78.6 Å². The highest BCUT2D eigenvalue weighted by atomic mass is 16.6. The van der Waals surface area contributed by atoms with Crippen LogP contribution >= 0.6 is 0 Å². The van der Waals surface area contributed by atoms with Crippen LogP contribution in [0.25, 0.3) is 0 Å². The third-order valence-corrected chi connectivity index (χ3v) is 6.03. The molecule has 0 heterocycles. The molecule has 0 amide bonds. The molecular weight excluding hydrogens is 270 g/mol. The summed E-state index contributed by atoms with van der Waals surface area (Å²) in [5.41, 5.74) is 6.61. The predicted octanol–water partition coefficient (Wildman–Crippen LogP) is 1.63. The van der Waals surface area contributed by atoms with E-state index in [1.807, 2.05) is 0 Å². The van der Waals surface area contributed by atoms with Crippen LogP contribution in [0, 0.1) is 23.2 Å². The third kappa shape index (κ3) is 2.45. The molecule has 5 nitrogen and oxygen atoms in total. The number of carbonyl (C=O) groups excluding carboxylic acids is 2. The van der Waals surface area contributed by atoms with E-state index in [2.05, 4.69) is 0 Å². The number of hydrogen-bond acceptors (Lipinski definition) is 5. The van der Waals surface area contributed by atoms with Crippen molar-refractivity contribution in [1.29, 1.82) is 0 Å². The van der Waals surface area contributed by atoms with Crippen LogP contribution < -0.4 is 5.73 Å². The number of rotatable bonds is 3. The monoisotopic (exact) mass is 295 g/mol. The molecule has 1 spiro atoms. The summed E-state index contributed by atoms with van der Waals surface area (Å²) in [4.78, 5) is 22.4. The largest absolute Gasteiger partial charge is 0.465 e. The zero-order valence-corrected chi connectivity index (χ0v) is 12.8. The normalized spacial score (nSPS) is 44.2. The predicted molar refractivity (Wildman–Crippen MR) is 76.2 cm³/mol. The second-order valence-corrected chi connectivity index (χ2v) is 7.15. The standard InChI is InChI=1S/C16H25NO4/c1-9(18)20-8-12-6-16(7-14(12)21-10(2)19)13-4-3-11(5-13)15(16)17/h11-15H,3-8,17H2,1-2H3/t11-,12+,13+,14-,15-,16?/m0/s1. The molecule has 6 atom stereocenters. The maximum absolute atomic E-state index is 11.4. The second kappa shape index (κ2) is 5.27. The van der Waals surface area contributed by atoms with Crippen molar-refractivity contribution in [3.63, 3.8) is 0 Å². The van der Waals surface area contributed by atoms with Crippen molar-refractivity contribution >= 4 is 11.9 Å². The summed E-state index contributed by atoms with van der Waals surface area (Å²) in [6.07, 6.45) is 5.29. The molecule has 0 radical (unpaired) electrons.